The molecule has 32 heavy (non-hydrogen) atoms. The number of fused-ring (bicyclic) bond motifs is 1. The standard InChI is InChI=1S/C24H24BrN5O2/c1-14-4-6-15(7-5-14)13-32-20-9-8-16(25)10-17(20)22-21-18(11-24(2,3)12-19(21)31)26-23-27-28-29-30(22)23/h4-10,22H,11-13H2,1-3H3,(H,26,27,29). The van der Waals surface area contributed by atoms with Gasteiger partial charge in [-0.2, -0.15) is 4.68 Å². The Bertz CT molecular complexity index is 1230. The predicted molar refractivity (Wildman–Crippen MR) is 124 cm³/mol. The first kappa shape index (κ1) is 20.9. The number of benzene rings is 2. The fourth-order valence-corrected chi connectivity index (χ4v) is 4.85. The largest absolute Gasteiger partial charge is 0.489 e. The van der Waals surface area contributed by atoms with Crippen LogP contribution in [0.5, 0.6) is 5.75 Å². The number of Topliss-reactive ketones (excluding diaryl/α,β-unsaturated/α-hetero) is 1. The predicted octanol–water partition coefficient (Wildman–Crippen LogP) is 4.98. The number of nitrogens with one attached hydrogen (secondary N) is 1. The first-order chi connectivity index (χ1) is 15.3. The van der Waals surface area contributed by atoms with Crippen LogP contribution in [0.3, 0.4) is 0 Å². The molecule has 7 nitrogen and oxygen atoms in total. The normalized spacial score (nSPS) is 19.2. The minimum absolute atomic E-state index is 0.111. The van der Waals surface area contributed by atoms with E-state index < -0.39 is 6.04 Å². The van der Waals surface area contributed by atoms with Crippen molar-refractivity contribution in [3.05, 3.63) is 74.9 Å². The number of nitrogens with zero attached hydrogens (tertiary/aromatic N) is 4. The van der Waals surface area contributed by atoms with Crippen molar-refractivity contribution in [2.24, 2.45) is 5.41 Å². The molecule has 0 saturated carbocycles. The fraction of sp³-hybridized carbons (Fsp3) is 0.333. The van der Waals surface area contributed by atoms with Crippen LogP contribution in [0.15, 0.2) is 58.2 Å². The second kappa shape index (κ2) is 7.85. The number of carbonyl (C=O) groups is 1. The number of allylic oxidation sites excluding steroid dienone is 2. The average Bonchev–Trinajstić information content (AvgIpc) is 3.20. The maximum absolute atomic E-state index is 13.3. The Labute approximate surface area is 195 Å². The molecule has 1 aliphatic heterocycles. The summed E-state index contributed by atoms with van der Waals surface area (Å²) in [7, 11) is 0. The molecule has 0 amide bonds. The summed E-state index contributed by atoms with van der Waals surface area (Å²) in [6, 6.07) is 13.7. The number of rotatable bonds is 4. The molecule has 164 valence electrons. The summed E-state index contributed by atoms with van der Waals surface area (Å²) < 4.78 is 8.84. The second-order valence-electron chi connectivity index (χ2n) is 9.26. The molecule has 1 atom stereocenters. The van der Waals surface area contributed by atoms with Crippen LogP contribution < -0.4 is 10.1 Å². The maximum atomic E-state index is 13.3. The number of aromatic nitrogens is 4. The molecular weight excluding hydrogens is 470 g/mol. The third-order valence-electron chi connectivity index (χ3n) is 5.97. The van der Waals surface area contributed by atoms with E-state index in [9.17, 15) is 4.79 Å². The van der Waals surface area contributed by atoms with Crippen LogP contribution in [-0.4, -0.2) is 26.0 Å². The highest BCUT2D eigenvalue weighted by molar-refractivity contribution is 9.10. The molecule has 5 rings (SSSR count). The average molecular weight is 494 g/mol. The summed E-state index contributed by atoms with van der Waals surface area (Å²) in [5.74, 6) is 1.34. The number of anilines is 1. The number of ether oxygens (including phenoxy) is 1. The van der Waals surface area contributed by atoms with Crippen molar-refractivity contribution in [1.82, 2.24) is 20.2 Å². The minimum Gasteiger partial charge on any atom is -0.489 e. The Morgan fingerprint density at radius 1 is 1.19 bits per heavy atom. The maximum Gasteiger partial charge on any atom is 0.248 e. The van der Waals surface area contributed by atoms with Crippen LogP contribution in [0, 0.1) is 12.3 Å². The third kappa shape index (κ3) is 3.83. The van der Waals surface area contributed by atoms with Crippen molar-refractivity contribution in [2.75, 3.05) is 5.32 Å². The van der Waals surface area contributed by atoms with Crippen LogP contribution in [0.2, 0.25) is 0 Å². The first-order valence-corrected chi connectivity index (χ1v) is 11.4. The topological polar surface area (TPSA) is 81.9 Å². The SMILES string of the molecule is Cc1ccc(COc2ccc(Br)cc2C2C3=C(CC(C)(C)CC3=O)Nc3nnnn32)cc1. The molecule has 2 aliphatic rings. The number of halogens is 1. The molecule has 1 aliphatic carbocycles. The second-order valence-corrected chi connectivity index (χ2v) is 10.2. The van der Waals surface area contributed by atoms with Gasteiger partial charge in [0.05, 0.1) is 0 Å². The minimum atomic E-state index is -0.453. The van der Waals surface area contributed by atoms with E-state index in [0.29, 0.717) is 30.3 Å². The summed E-state index contributed by atoms with van der Waals surface area (Å²) in [6.45, 7) is 6.71. The van der Waals surface area contributed by atoms with E-state index in [1.54, 1.807) is 4.68 Å². The number of tetrazole rings is 1. The molecule has 0 bridgehead atoms. The molecule has 1 unspecified atom stereocenters. The molecular formula is C24H24BrN5O2. The van der Waals surface area contributed by atoms with Gasteiger partial charge in [-0.25, -0.2) is 0 Å². The van der Waals surface area contributed by atoms with E-state index in [2.05, 4.69) is 81.8 Å². The lowest BCUT2D eigenvalue weighted by Gasteiger charge is -2.38. The molecule has 0 spiro atoms. The van der Waals surface area contributed by atoms with E-state index in [-0.39, 0.29) is 11.2 Å². The quantitative estimate of drug-likeness (QED) is 0.551. The highest BCUT2D eigenvalue weighted by Gasteiger charge is 2.42. The molecule has 1 N–H and O–H groups in total. The number of aryl methyl sites for hydroxylation is 1. The third-order valence-corrected chi connectivity index (χ3v) is 6.47. The zero-order chi connectivity index (χ0) is 22.5. The molecule has 0 radical (unpaired) electrons. The Morgan fingerprint density at radius 3 is 2.75 bits per heavy atom. The summed E-state index contributed by atoms with van der Waals surface area (Å²) in [6.07, 6.45) is 1.24. The summed E-state index contributed by atoms with van der Waals surface area (Å²) in [5.41, 5.74) is 4.61. The van der Waals surface area contributed by atoms with Gasteiger partial charge in [0.2, 0.25) is 5.95 Å². The van der Waals surface area contributed by atoms with Gasteiger partial charge in [0.25, 0.3) is 0 Å². The Balaban J connectivity index is 1.58. The van der Waals surface area contributed by atoms with Gasteiger partial charge in [0, 0.05) is 27.7 Å². The number of hydrogen-bond acceptors (Lipinski definition) is 6. The van der Waals surface area contributed by atoms with Gasteiger partial charge < -0.3 is 10.1 Å². The molecule has 2 aromatic carbocycles. The van der Waals surface area contributed by atoms with Gasteiger partial charge in [-0.15, -0.1) is 0 Å². The van der Waals surface area contributed by atoms with Crippen LogP contribution in [0.25, 0.3) is 0 Å². The Hall–Kier alpha value is -3.00. The van der Waals surface area contributed by atoms with E-state index in [1.807, 2.05) is 18.2 Å². The lowest BCUT2D eigenvalue weighted by Crippen LogP contribution is -2.36. The van der Waals surface area contributed by atoms with Crippen molar-refractivity contribution in [2.45, 2.75) is 46.3 Å². The van der Waals surface area contributed by atoms with E-state index in [0.717, 1.165) is 27.7 Å². The van der Waals surface area contributed by atoms with Gasteiger partial charge >= 0.3 is 0 Å². The van der Waals surface area contributed by atoms with Gasteiger partial charge in [-0.1, -0.05) is 64.7 Å². The van der Waals surface area contributed by atoms with Crippen molar-refractivity contribution in [3.63, 3.8) is 0 Å². The van der Waals surface area contributed by atoms with E-state index >= 15 is 0 Å². The lowest BCUT2D eigenvalue weighted by atomic mass is 9.73. The summed E-state index contributed by atoms with van der Waals surface area (Å²) in [4.78, 5) is 13.3. The van der Waals surface area contributed by atoms with Crippen LogP contribution in [-0.2, 0) is 11.4 Å². The van der Waals surface area contributed by atoms with Gasteiger partial charge in [-0.3, -0.25) is 4.79 Å². The smallest absolute Gasteiger partial charge is 0.248 e. The molecule has 0 fully saturated rings. The highest BCUT2D eigenvalue weighted by Crippen LogP contribution is 2.47. The zero-order valence-corrected chi connectivity index (χ0v) is 19.8. The molecule has 2 heterocycles. The van der Waals surface area contributed by atoms with Crippen LogP contribution in [0.1, 0.15) is 49.4 Å². The number of carbonyl (C=O) groups excluding carboxylic acids is 1. The van der Waals surface area contributed by atoms with Crippen LogP contribution >= 0.6 is 15.9 Å². The zero-order valence-electron chi connectivity index (χ0n) is 18.2. The van der Waals surface area contributed by atoms with Crippen molar-refractivity contribution in [1.29, 1.82) is 0 Å². The van der Waals surface area contributed by atoms with Crippen molar-refractivity contribution >= 4 is 27.7 Å². The number of hydrogen-bond donors (Lipinski definition) is 1. The van der Waals surface area contributed by atoms with E-state index in [1.165, 1.54) is 5.56 Å². The highest BCUT2D eigenvalue weighted by atomic mass is 79.9. The van der Waals surface area contributed by atoms with Crippen LogP contribution in [0.4, 0.5) is 5.95 Å². The van der Waals surface area contributed by atoms with Crippen molar-refractivity contribution in [3.8, 4) is 5.75 Å². The fourth-order valence-electron chi connectivity index (χ4n) is 4.47. The molecule has 0 saturated heterocycles. The van der Waals surface area contributed by atoms with Gasteiger partial charge in [-0.05, 0) is 52.9 Å². The molecule has 3 aromatic rings. The van der Waals surface area contributed by atoms with Crippen molar-refractivity contribution < 1.29 is 9.53 Å². The lowest BCUT2D eigenvalue weighted by molar-refractivity contribution is -0.118. The van der Waals surface area contributed by atoms with E-state index in [4.69, 9.17) is 4.74 Å². The monoisotopic (exact) mass is 493 g/mol. The number of ketones is 1. The summed E-state index contributed by atoms with van der Waals surface area (Å²) in [5, 5.41) is 15.5. The summed E-state index contributed by atoms with van der Waals surface area (Å²) >= 11 is 3.59. The molecule has 1 aromatic heterocycles. The van der Waals surface area contributed by atoms with Gasteiger partial charge in [0.1, 0.15) is 18.4 Å². The molecule has 8 heteroatoms. The Morgan fingerprint density at radius 2 is 1.97 bits per heavy atom. The first-order valence-electron chi connectivity index (χ1n) is 10.6. The Kier molecular flexibility index (Phi) is 5.12. The van der Waals surface area contributed by atoms with Gasteiger partial charge in [0.15, 0.2) is 5.78 Å².